The number of fused-ring (bicyclic) bond motifs is 3. The quantitative estimate of drug-likeness (QED) is 0.324. The van der Waals surface area contributed by atoms with Crippen LogP contribution in [0.4, 0.5) is 11.6 Å². The van der Waals surface area contributed by atoms with Crippen molar-refractivity contribution in [1.82, 2.24) is 15.3 Å². The molecule has 1 atom stereocenters. The molecule has 1 unspecified atom stereocenters. The molecule has 1 aromatic heterocycles. The summed E-state index contributed by atoms with van der Waals surface area (Å²) in [6.07, 6.45) is 2.25. The van der Waals surface area contributed by atoms with E-state index in [2.05, 4.69) is 44.5 Å². The zero-order valence-electron chi connectivity index (χ0n) is 16.6. The van der Waals surface area contributed by atoms with E-state index in [4.69, 9.17) is 28.8 Å². The Labute approximate surface area is 179 Å². The number of hydrogen-bond donors (Lipinski definition) is 4. The molecule has 30 heavy (non-hydrogen) atoms. The van der Waals surface area contributed by atoms with Crippen LogP contribution in [0.1, 0.15) is 28.9 Å². The molecule has 3 saturated heterocycles. The standard InChI is InChI=1S/C20H25ClN8O/c21-16-18(23)27-17(22)15(26-16)19(30)28-20(24)25-14-11-29(8-6-13(14)7-9-29)10-12-4-2-1-3-5-12/h1-5,13-14H,6-11H2,(H6-,22,23,24,25,27,28,30)/p+1. The van der Waals surface area contributed by atoms with E-state index >= 15 is 0 Å². The summed E-state index contributed by atoms with van der Waals surface area (Å²) >= 11 is 5.84. The smallest absolute Gasteiger partial charge is 0.302 e. The minimum atomic E-state index is -0.707. The average Bonchev–Trinajstić information content (AvgIpc) is 2.71. The fourth-order valence-corrected chi connectivity index (χ4v) is 4.75. The van der Waals surface area contributed by atoms with Gasteiger partial charge in [0, 0.05) is 18.4 Å². The summed E-state index contributed by atoms with van der Waals surface area (Å²) in [7, 11) is 0. The maximum atomic E-state index is 12.5. The highest BCUT2D eigenvalue weighted by molar-refractivity contribution is 6.31. The predicted octanol–water partition coefficient (Wildman–Crippen LogP) is 1.15. The van der Waals surface area contributed by atoms with Gasteiger partial charge < -0.3 is 27.0 Å². The van der Waals surface area contributed by atoms with E-state index < -0.39 is 5.91 Å². The van der Waals surface area contributed by atoms with E-state index in [0.717, 1.165) is 43.5 Å². The van der Waals surface area contributed by atoms with Crippen LogP contribution in [0.5, 0.6) is 0 Å². The Morgan fingerprint density at radius 1 is 1.17 bits per heavy atom. The van der Waals surface area contributed by atoms with Crippen LogP contribution in [0.3, 0.4) is 0 Å². The number of nitrogens with two attached hydrogens (primary N) is 3. The third kappa shape index (κ3) is 4.17. The Bertz CT molecular complexity index is 972. The molecule has 9 nitrogen and oxygen atoms in total. The Kier molecular flexibility index (Phi) is 5.48. The third-order valence-corrected chi connectivity index (χ3v) is 6.40. The van der Waals surface area contributed by atoms with Crippen LogP contribution < -0.4 is 22.5 Å². The molecule has 0 saturated carbocycles. The number of piperidine rings is 3. The summed E-state index contributed by atoms with van der Waals surface area (Å²) in [6.45, 7) is 4.25. The summed E-state index contributed by atoms with van der Waals surface area (Å²) in [5, 5.41) is 3.15. The molecule has 3 aliphatic rings. The van der Waals surface area contributed by atoms with E-state index in [9.17, 15) is 4.79 Å². The minimum absolute atomic E-state index is 0.0412. The van der Waals surface area contributed by atoms with Gasteiger partial charge in [-0.1, -0.05) is 41.9 Å². The number of halogens is 1. The van der Waals surface area contributed by atoms with Gasteiger partial charge in [0.25, 0.3) is 0 Å². The molecule has 5 rings (SSSR count). The molecule has 1 aromatic carbocycles. The van der Waals surface area contributed by atoms with Crippen molar-refractivity contribution in [3.8, 4) is 0 Å². The average molecular weight is 430 g/mol. The molecule has 0 aliphatic carbocycles. The Morgan fingerprint density at radius 2 is 1.87 bits per heavy atom. The van der Waals surface area contributed by atoms with Crippen molar-refractivity contribution >= 4 is 35.1 Å². The number of carbonyl (C=O) groups is 1. The highest BCUT2D eigenvalue weighted by Crippen LogP contribution is 2.35. The number of nitrogens with one attached hydrogen (secondary N) is 1. The SMILES string of the molecule is N/C(=N\C(=O)c1nc(Cl)c(N)nc1N)NC1C[N+]2(Cc3ccccc3)CCC1CC2. The first-order chi connectivity index (χ1) is 14.3. The van der Waals surface area contributed by atoms with E-state index in [-0.39, 0.29) is 34.5 Å². The van der Waals surface area contributed by atoms with Crippen molar-refractivity contribution in [1.29, 1.82) is 0 Å². The van der Waals surface area contributed by atoms with E-state index in [0.29, 0.717) is 5.92 Å². The zero-order chi connectivity index (χ0) is 21.3. The van der Waals surface area contributed by atoms with E-state index in [1.54, 1.807) is 0 Å². The maximum Gasteiger partial charge on any atom is 0.302 e. The van der Waals surface area contributed by atoms with Gasteiger partial charge in [-0.05, 0) is 5.92 Å². The minimum Gasteiger partial charge on any atom is -0.382 e. The first-order valence-corrected chi connectivity index (χ1v) is 10.4. The van der Waals surface area contributed by atoms with Gasteiger partial charge in [-0.3, -0.25) is 4.79 Å². The van der Waals surface area contributed by atoms with Crippen LogP contribution in [-0.4, -0.2) is 52.0 Å². The Balaban J connectivity index is 1.46. The van der Waals surface area contributed by atoms with Gasteiger partial charge in [0.1, 0.15) is 6.54 Å². The zero-order valence-corrected chi connectivity index (χ0v) is 17.3. The number of aliphatic imine (C=N–C) groups is 1. The lowest BCUT2D eigenvalue weighted by atomic mass is 9.81. The molecule has 2 bridgehead atoms. The molecule has 4 heterocycles. The molecule has 1 amide bonds. The monoisotopic (exact) mass is 429 g/mol. The van der Waals surface area contributed by atoms with Crippen molar-refractivity contribution in [2.75, 3.05) is 31.1 Å². The summed E-state index contributed by atoms with van der Waals surface area (Å²) in [5.41, 5.74) is 18.5. The number of guanidine groups is 1. The van der Waals surface area contributed by atoms with Gasteiger partial charge >= 0.3 is 5.91 Å². The molecule has 158 valence electrons. The molecule has 7 N–H and O–H groups in total. The lowest BCUT2D eigenvalue weighted by Crippen LogP contribution is -2.67. The van der Waals surface area contributed by atoms with E-state index in [1.807, 2.05) is 6.07 Å². The van der Waals surface area contributed by atoms with Crippen molar-refractivity contribution < 1.29 is 9.28 Å². The second-order valence-corrected chi connectivity index (χ2v) is 8.50. The number of benzene rings is 1. The fraction of sp³-hybridized carbons (Fsp3) is 0.400. The molecular weight excluding hydrogens is 404 g/mol. The van der Waals surface area contributed by atoms with Gasteiger partial charge in [-0.2, -0.15) is 4.99 Å². The molecule has 0 spiro atoms. The van der Waals surface area contributed by atoms with Gasteiger partial charge in [0.15, 0.2) is 28.4 Å². The predicted molar refractivity (Wildman–Crippen MR) is 116 cm³/mol. The van der Waals surface area contributed by atoms with Gasteiger partial charge in [-0.15, -0.1) is 0 Å². The number of anilines is 2. The lowest BCUT2D eigenvalue weighted by Gasteiger charge is -2.52. The summed E-state index contributed by atoms with van der Waals surface area (Å²) in [6, 6.07) is 10.7. The van der Waals surface area contributed by atoms with Crippen LogP contribution in [-0.2, 0) is 6.54 Å². The van der Waals surface area contributed by atoms with Gasteiger partial charge in [0.2, 0.25) is 0 Å². The van der Waals surface area contributed by atoms with Crippen molar-refractivity contribution in [2.45, 2.75) is 25.4 Å². The largest absolute Gasteiger partial charge is 0.382 e. The highest BCUT2D eigenvalue weighted by atomic mass is 35.5. The van der Waals surface area contributed by atoms with Crippen LogP contribution in [0, 0.1) is 5.92 Å². The first kappa shape index (κ1) is 20.4. The molecule has 3 aliphatic heterocycles. The number of nitrogens with zero attached hydrogens (tertiary/aromatic N) is 4. The molecule has 3 fully saturated rings. The van der Waals surface area contributed by atoms with Crippen LogP contribution in [0.2, 0.25) is 5.15 Å². The van der Waals surface area contributed by atoms with E-state index in [1.165, 1.54) is 5.56 Å². The van der Waals surface area contributed by atoms with Crippen molar-refractivity contribution in [3.63, 3.8) is 0 Å². The van der Waals surface area contributed by atoms with Crippen molar-refractivity contribution in [3.05, 3.63) is 46.7 Å². The molecule has 0 radical (unpaired) electrons. The maximum absolute atomic E-state index is 12.5. The van der Waals surface area contributed by atoms with Crippen molar-refractivity contribution in [2.24, 2.45) is 16.6 Å². The number of carbonyl (C=O) groups excluding carboxylic acids is 1. The fourth-order valence-electron chi connectivity index (χ4n) is 4.63. The number of nitrogen functional groups attached to an aromatic ring is 2. The second kappa shape index (κ2) is 8.08. The number of hydrogen-bond acceptors (Lipinski definition) is 5. The second-order valence-electron chi connectivity index (χ2n) is 8.14. The summed E-state index contributed by atoms with van der Waals surface area (Å²) in [5.74, 6) is -0.318. The van der Waals surface area contributed by atoms with Gasteiger partial charge in [0.05, 0.1) is 25.7 Å². The Hall–Kier alpha value is -2.91. The highest BCUT2D eigenvalue weighted by Gasteiger charge is 2.46. The first-order valence-electron chi connectivity index (χ1n) is 9.98. The molecule has 2 aromatic rings. The number of rotatable bonds is 4. The normalized spacial score (nSPS) is 25.8. The van der Waals surface area contributed by atoms with Crippen LogP contribution >= 0.6 is 11.6 Å². The number of amides is 1. The summed E-state index contributed by atoms with van der Waals surface area (Å²) in [4.78, 5) is 24.1. The lowest BCUT2D eigenvalue weighted by molar-refractivity contribution is -0.956. The Morgan fingerprint density at radius 3 is 2.57 bits per heavy atom. The molecular formula is C20H26ClN8O+. The topological polar surface area (TPSA) is 145 Å². The van der Waals surface area contributed by atoms with Crippen LogP contribution in [0.25, 0.3) is 0 Å². The number of quaternary nitrogens is 1. The third-order valence-electron chi connectivity index (χ3n) is 6.13. The molecule has 10 heteroatoms. The number of aromatic nitrogens is 2. The van der Waals surface area contributed by atoms with Gasteiger partial charge in [-0.25, -0.2) is 9.97 Å². The van der Waals surface area contributed by atoms with Crippen LogP contribution in [0.15, 0.2) is 35.3 Å². The summed E-state index contributed by atoms with van der Waals surface area (Å²) < 4.78 is 1.02.